The van der Waals surface area contributed by atoms with Gasteiger partial charge in [0.05, 0.1) is 16.5 Å². The van der Waals surface area contributed by atoms with E-state index >= 15 is 0 Å². The second-order valence-electron chi connectivity index (χ2n) is 5.28. The highest BCUT2D eigenvalue weighted by atomic mass is 19.1. The molecule has 0 radical (unpaired) electrons. The number of halogens is 2. The normalized spacial score (nSPS) is 11.0. The van der Waals surface area contributed by atoms with Crippen LogP contribution in [0.1, 0.15) is 10.4 Å². The molecule has 2 aromatic carbocycles. The standard InChI is InChI=1S/C17H11F2NO4/c1-20-7-11(17(23)24)16(22)10-6-12(18)13(14(19)15(10)20)8-2-4-9(21)5-3-8/h2-7,21H,1H3,(H,23,24). The molecule has 122 valence electrons. The number of carboxylic acid groups (broad SMARTS) is 1. The fraction of sp³-hybridized carbons (Fsp3) is 0.0588. The minimum atomic E-state index is -1.47. The Kier molecular flexibility index (Phi) is 3.56. The molecule has 3 rings (SSSR count). The van der Waals surface area contributed by atoms with Crippen LogP contribution >= 0.6 is 0 Å². The van der Waals surface area contributed by atoms with E-state index in [0.717, 1.165) is 16.8 Å². The minimum absolute atomic E-state index is 0.0566. The maximum Gasteiger partial charge on any atom is 0.341 e. The van der Waals surface area contributed by atoms with Crippen molar-refractivity contribution in [1.29, 1.82) is 0 Å². The molecule has 0 fully saturated rings. The Hall–Kier alpha value is -3.22. The van der Waals surface area contributed by atoms with Gasteiger partial charge in [0.2, 0.25) is 5.43 Å². The first-order chi connectivity index (χ1) is 11.3. The molecule has 0 bridgehead atoms. The van der Waals surface area contributed by atoms with Crippen molar-refractivity contribution < 1.29 is 23.8 Å². The predicted molar refractivity (Wildman–Crippen MR) is 83.2 cm³/mol. The summed E-state index contributed by atoms with van der Waals surface area (Å²) in [6.45, 7) is 0. The molecule has 5 nitrogen and oxygen atoms in total. The lowest BCUT2D eigenvalue weighted by Crippen LogP contribution is -2.19. The number of hydrogen-bond acceptors (Lipinski definition) is 3. The Morgan fingerprint density at radius 1 is 1.17 bits per heavy atom. The molecular formula is C17H11F2NO4. The number of phenols is 1. The van der Waals surface area contributed by atoms with Gasteiger partial charge >= 0.3 is 5.97 Å². The summed E-state index contributed by atoms with van der Waals surface area (Å²) in [7, 11) is 1.37. The van der Waals surface area contributed by atoms with E-state index in [0.29, 0.717) is 0 Å². The average molecular weight is 331 g/mol. The smallest absolute Gasteiger partial charge is 0.341 e. The van der Waals surface area contributed by atoms with Gasteiger partial charge in [0, 0.05) is 13.2 Å². The lowest BCUT2D eigenvalue weighted by Gasteiger charge is -2.12. The van der Waals surface area contributed by atoms with Gasteiger partial charge in [-0.2, -0.15) is 0 Å². The van der Waals surface area contributed by atoms with E-state index in [4.69, 9.17) is 5.11 Å². The van der Waals surface area contributed by atoms with Crippen LogP contribution in [-0.2, 0) is 7.05 Å². The predicted octanol–water partition coefficient (Wildman–Crippen LogP) is 2.89. The van der Waals surface area contributed by atoms with E-state index in [1.807, 2.05) is 0 Å². The number of fused-ring (bicyclic) bond motifs is 1. The summed E-state index contributed by atoms with van der Waals surface area (Å²) in [4.78, 5) is 23.2. The van der Waals surface area contributed by atoms with Crippen LogP contribution < -0.4 is 5.43 Å². The Bertz CT molecular complexity index is 1040. The third kappa shape index (κ3) is 2.30. The topological polar surface area (TPSA) is 79.5 Å². The van der Waals surface area contributed by atoms with E-state index in [-0.39, 0.29) is 27.8 Å². The Balaban J connectivity index is 2.42. The van der Waals surface area contributed by atoms with Crippen molar-refractivity contribution in [2.24, 2.45) is 7.05 Å². The number of phenolic OH excluding ortho intramolecular Hbond substituents is 1. The largest absolute Gasteiger partial charge is 0.508 e. The van der Waals surface area contributed by atoms with Gasteiger partial charge in [-0.05, 0) is 23.8 Å². The average Bonchev–Trinajstić information content (AvgIpc) is 2.51. The van der Waals surface area contributed by atoms with Crippen LogP contribution in [0.15, 0.2) is 41.3 Å². The van der Waals surface area contributed by atoms with Gasteiger partial charge in [0.25, 0.3) is 0 Å². The third-order valence-corrected chi connectivity index (χ3v) is 3.74. The molecule has 1 heterocycles. The number of carbonyl (C=O) groups is 1. The molecule has 1 aromatic heterocycles. The summed E-state index contributed by atoms with van der Waals surface area (Å²) < 4.78 is 30.4. The highest BCUT2D eigenvalue weighted by molar-refractivity contribution is 5.94. The molecule has 0 amide bonds. The van der Waals surface area contributed by atoms with Crippen molar-refractivity contribution in [3.8, 4) is 16.9 Å². The minimum Gasteiger partial charge on any atom is -0.508 e. The lowest BCUT2D eigenvalue weighted by atomic mass is 10.0. The quantitative estimate of drug-likeness (QED) is 0.757. The number of aromatic nitrogens is 1. The fourth-order valence-electron chi connectivity index (χ4n) is 2.63. The first-order valence-corrected chi connectivity index (χ1v) is 6.85. The molecule has 3 aromatic rings. The van der Waals surface area contributed by atoms with Crippen molar-refractivity contribution in [3.05, 3.63) is 63.9 Å². The number of nitrogens with zero attached hydrogens (tertiary/aromatic N) is 1. The number of rotatable bonds is 2. The van der Waals surface area contributed by atoms with Gasteiger partial charge in [-0.25, -0.2) is 13.6 Å². The molecule has 0 aliphatic rings. The summed E-state index contributed by atoms with van der Waals surface area (Å²) in [6, 6.07) is 6.07. The van der Waals surface area contributed by atoms with Crippen LogP contribution in [0.5, 0.6) is 5.75 Å². The number of pyridine rings is 1. The number of aromatic carboxylic acids is 1. The summed E-state index contributed by atoms with van der Waals surface area (Å²) in [5.41, 5.74) is -1.90. The van der Waals surface area contributed by atoms with Crippen LogP contribution in [0.4, 0.5) is 8.78 Å². The Morgan fingerprint density at radius 2 is 1.79 bits per heavy atom. The molecule has 0 aliphatic carbocycles. The van der Waals surface area contributed by atoms with E-state index in [9.17, 15) is 23.5 Å². The van der Waals surface area contributed by atoms with Crippen molar-refractivity contribution >= 4 is 16.9 Å². The van der Waals surface area contributed by atoms with E-state index in [1.54, 1.807) is 0 Å². The lowest BCUT2D eigenvalue weighted by molar-refractivity contribution is 0.0695. The Morgan fingerprint density at radius 3 is 2.38 bits per heavy atom. The molecule has 0 saturated carbocycles. The van der Waals surface area contributed by atoms with Crippen molar-refractivity contribution in [1.82, 2.24) is 4.57 Å². The first kappa shape index (κ1) is 15.7. The second-order valence-corrected chi connectivity index (χ2v) is 5.28. The molecule has 0 spiro atoms. The number of carboxylic acids is 1. The highest BCUT2D eigenvalue weighted by Gasteiger charge is 2.21. The van der Waals surface area contributed by atoms with Crippen LogP contribution in [0.2, 0.25) is 0 Å². The van der Waals surface area contributed by atoms with Gasteiger partial charge < -0.3 is 14.8 Å². The van der Waals surface area contributed by atoms with E-state index in [2.05, 4.69) is 0 Å². The van der Waals surface area contributed by atoms with Gasteiger partial charge in [-0.3, -0.25) is 4.79 Å². The van der Waals surface area contributed by atoms with E-state index < -0.39 is 28.6 Å². The molecule has 0 aliphatic heterocycles. The van der Waals surface area contributed by atoms with Gasteiger partial charge in [0.15, 0.2) is 5.82 Å². The molecule has 7 heteroatoms. The molecular weight excluding hydrogens is 320 g/mol. The monoisotopic (exact) mass is 331 g/mol. The zero-order valence-electron chi connectivity index (χ0n) is 12.4. The first-order valence-electron chi connectivity index (χ1n) is 6.85. The van der Waals surface area contributed by atoms with Crippen molar-refractivity contribution in [3.63, 3.8) is 0 Å². The summed E-state index contributed by atoms with van der Waals surface area (Å²) in [5, 5.41) is 18.0. The summed E-state index contributed by atoms with van der Waals surface area (Å²) >= 11 is 0. The SMILES string of the molecule is Cn1cc(C(=O)O)c(=O)c2cc(F)c(-c3ccc(O)cc3)c(F)c21. The second kappa shape index (κ2) is 5.45. The summed E-state index contributed by atoms with van der Waals surface area (Å²) in [5.74, 6) is -3.50. The molecule has 24 heavy (non-hydrogen) atoms. The number of aromatic hydroxyl groups is 1. The van der Waals surface area contributed by atoms with Gasteiger partial charge in [-0.15, -0.1) is 0 Å². The van der Waals surface area contributed by atoms with Crippen LogP contribution in [0, 0.1) is 11.6 Å². The highest BCUT2D eigenvalue weighted by Crippen LogP contribution is 2.31. The van der Waals surface area contributed by atoms with Crippen LogP contribution in [-0.4, -0.2) is 20.7 Å². The van der Waals surface area contributed by atoms with Crippen molar-refractivity contribution in [2.45, 2.75) is 0 Å². The van der Waals surface area contributed by atoms with E-state index in [1.165, 1.54) is 31.3 Å². The summed E-state index contributed by atoms with van der Waals surface area (Å²) in [6.07, 6.45) is 0.995. The maximum atomic E-state index is 14.9. The zero-order valence-corrected chi connectivity index (χ0v) is 12.4. The van der Waals surface area contributed by atoms with Crippen LogP contribution in [0.3, 0.4) is 0 Å². The fourth-order valence-corrected chi connectivity index (χ4v) is 2.63. The molecule has 0 atom stereocenters. The van der Waals surface area contributed by atoms with Crippen molar-refractivity contribution in [2.75, 3.05) is 0 Å². The number of aryl methyl sites for hydroxylation is 1. The third-order valence-electron chi connectivity index (χ3n) is 3.74. The maximum absolute atomic E-state index is 14.9. The van der Waals surface area contributed by atoms with Gasteiger partial charge in [0.1, 0.15) is 17.1 Å². The van der Waals surface area contributed by atoms with Gasteiger partial charge in [-0.1, -0.05) is 12.1 Å². The molecule has 2 N–H and O–H groups in total. The molecule has 0 saturated heterocycles. The molecule has 0 unspecified atom stereocenters. The number of benzene rings is 2. The Labute approximate surface area is 134 Å². The zero-order chi connectivity index (χ0) is 17.6. The number of hydrogen-bond donors (Lipinski definition) is 2. The van der Waals surface area contributed by atoms with Crippen LogP contribution in [0.25, 0.3) is 22.0 Å².